The summed E-state index contributed by atoms with van der Waals surface area (Å²) in [5.74, 6) is 1.87. The van der Waals surface area contributed by atoms with Gasteiger partial charge in [-0.3, -0.25) is 0 Å². The van der Waals surface area contributed by atoms with Gasteiger partial charge in [0.25, 0.3) is 0 Å². The predicted molar refractivity (Wildman–Crippen MR) is 119 cm³/mol. The Morgan fingerprint density at radius 2 is 1.90 bits per heavy atom. The van der Waals surface area contributed by atoms with E-state index in [0.717, 1.165) is 49.5 Å². The van der Waals surface area contributed by atoms with E-state index < -0.39 is 5.60 Å². The molecule has 2 aromatic rings. The molecule has 1 aromatic heterocycles. The summed E-state index contributed by atoms with van der Waals surface area (Å²) in [6.45, 7) is 10.6. The third kappa shape index (κ3) is 4.84. The lowest BCUT2D eigenvalue weighted by Crippen LogP contribution is -2.30. The van der Waals surface area contributed by atoms with Crippen LogP contribution in [0.25, 0.3) is 10.9 Å². The summed E-state index contributed by atoms with van der Waals surface area (Å²) in [5, 5.41) is 14.8. The monoisotopic (exact) mass is 397 g/mol. The number of nitrogens with zero attached hydrogens (tertiary/aromatic N) is 2. The van der Waals surface area contributed by atoms with Crippen molar-refractivity contribution in [2.75, 3.05) is 38.1 Å². The minimum atomic E-state index is -0.765. The quantitative estimate of drug-likeness (QED) is 0.658. The van der Waals surface area contributed by atoms with Crippen LogP contribution in [0.3, 0.4) is 0 Å². The molecule has 2 aliphatic rings. The molecule has 1 aliphatic heterocycles. The van der Waals surface area contributed by atoms with Crippen molar-refractivity contribution in [2.24, 2.45) is 0 Å². The molecule has 0 radical (unpaired) electrons. The summed E-state index contributed by atoms with van der Waals surface area (Å²) >= 11 is 0. The number of fused-ring (bicyclic) bond motifs is 3. The summed E-state index contributed by atoms with van der Waals surface area (Å²) in [7, 11) is 0. The van der Waals surface area contributed by atoms with Crippen LogP contribution in [-0.2, 0) is 12.8 Å². The molecule has 1 aromatic carbocycles. The highest BCUT2D eigenvalue weighted by Crippen LogP contribution is 2.36. The topological polar surface area (TPSA) is 57.6 Å². The highest BCUT2D eigenvalue weighted by atomic mass is 16.5. The number of nitrogens with one attached hydrogen (secondary N) is 1. The zero-order chi connectivity index (χ0) is 20.4. The van der Waals surface area contributed by atoms with Gasteiger partial charge in [0, 0.05) is 24.5 Å². The van der Waals surface area contributed by atoms with Crippen LogP contribution in [0, 0.1) is 6.92 Å². The number of hydrogen-bond acceptors (Lipinski definition) is 5. The van der Waals surface area contributed by atoms with Crippen molar-refractivity contribution in [3.8, 4) is 5.75 Å². The first-order valence-corrected chi connectivity index (χ1v) is 11.2. The molecule has 2 heterocycles. The number of aliphatic hydroxyl groups is 1. The predicted octanol–water partition coefficient (Wildman–Crippen LogP) is 4.08. The third-order valence-electron chi connectivity index (χ3n) is 6.12. The standard InChI is InChI=1S/C24H35N3O2/c1-17-14-20-18-8-6-9-19(18)23(25-16-24(2,3)28)26-21(20)15-22(17)29-13-7-12-27-10-4-5-11-27/h14-15,28H,4-13,16H2,1-3H3,(H,25,26). The lowest BCUT2D eigenvalue weighted by molar-refractivity contribution is 0.0944. The number of benzene rings is 1. The van der Waals surface area contributed by atoms with Crippen LogP contribution in [-0.4, -0.2) is 53.4 Å². The molecule has 5 nitrogen and oxygen atoms in total. The molecule has 5 heteroatoms. The second-order valence-corrected chi connectivity index (χ2v) is 9.32. The van der Waals surface area contributed by atoms with E-state index in [1.165, 1.54) is 54.4 Å². The number of anilines is 1. The van der Waals surface area contributed by atoms with Crippen LogP contribution in [0.15, 0.2) is 12.1 Å². The van der Waals surface area contributed by atoms with E-state index in [2.05, 4.69) is 29.3 Å². The molecule has 0 amide bonds. The van der Waals surface area contributed by atoms with E-state index in [1.807, 2.05) is 13.8 Å². The van der Waals surface area contributed by atoms with Crippen LogP contribution in [0.5, 0.6) is 5.75 Å². The summed E-state index contributed by atoms with van der Waals surface area (Å²) in [6, 6.07) is 4.36. The molecule has 2 N–H and O–H groups in total. The number of hydrogen-bond donors (Lipinski definition) is 2. The highest BCUT2D eigenvalue weighted by molar-refractivity contribution is 5.88. The molecule has 1 aliphatic carbocycles. The van der Waals surface area contributed by atoms with Crippen LogP contribution >= 0.6 is 0 Å². The summed E-state index contributed by atoms with van der Waals surface area (Å²) in [4.78, 5) is 7.46. The Morgan fingerprint density at radius 3 is 2.66 bits per heavy atom. The molecule has 0 spiro atoms. The van der Waals surface area contributed by atoms with E-state index in [1.54, 1.807) is 0 Å². The van der Waals surface area contributed by atoms with E-state index in [-0.39, 0.29) is 0 Å². The smallest absolute Gasteiger partial charge is 0.130 e. The first kappa shape index (κ1) is 20.4. The van der Waals surface area contributed by atoms with Crippen LogP contribution in [0.1, 0.15) is 56.2 Å². The molecule has 0 atom stereocenters. The lowest BCUT2D eigenvalue weighted by atomic mass is 10.0. The molecule has 1 saturated heterocycles. The largest absolute Gasteiger partial charge is 0.493 e. The van der Waals surface area contributed by atoms with E-state index in [4.69, 9.17) is 9.72 Å². The first-order valence-electron chi connectivity index (χ1n) is 11.2. The summed E-state index contributed by atoms with van der Waals surface area (Å²) in [5.41, 5.74) is 4.15. The molecule has 158 valence electrons. The average Bonchev–Trinajstić information content (AvgIpc) is 3.35. The minimum absolute atomic E-state index is 0.490. The Morgan fingerprint density at radius 1 is 1.14 bits per heavy atom. The maximum absolute atomic E-state index is 10.1. The number of aromatic nitrogens is 1. The fraction of sp³-hybridized carbons (Fsp3) is 0.625. The van der Waals surface area contributed by atoms with Gasteiger partial charge >= 0.3 is 0 Å². The SMILES string of the molecule is Cc1cc2c3c(c(NCC(C)(C)O)nc2cc1OCCCN1CCCC1)CCC3. The van der Waals surface area contributed by atoms with Gasteiger partial charge < -0.3 is 20.1 Å². The van der Waals surface area contributed by atoms with Crippen LogP contribution in [0.2, 0.25) is 0 Å². The molecule has 1 fully saturated rings. The Bertz CT molecular complexity index is 867. The minimum Gasteiger partial charge on any atom is -0.493 e. The maximum Gasteiger partial charge on any atom is 0.130 e. The molecule has 29 heavy (non-hydrogen) atoms. The summed E-state index contributed by atoms with van der Waals surface area (Å²) in [6.07, 6.45) is 7.06. The number of ether oxygens (including phenoxy) is 1. The first-order chi connectivity index (χ1) is 13.9. The average molecular weight is 398 g/mol. The van der Waals surface area contributed by atoms with Crippen LogP contribution < -0.4 is 10.1 Å². The lowest BCUT2D eigenvalue weighted by Gasteiger charge is -2.20. The molecular weight excluding hydrogens is 362 g/mol. The Labute approximate surface area is 174 Å². The second kappa shape index (κ2) is 8.49. The summed E-state index contributed by atoms with van der Waals surface area (Å²) < 4.78 is 6.15. The fourth-order valence-corrected chi connectivity index (χ4v) is 4.58. The Kier molecular flexibility index (Phi) is 5.98. The molecule has 0 unspecified atom stereocenters. The fourth-order valence-electron chi connectivity index (χ4n) is 4.58. The number of likely N-dealkylation sites (tertiary alicyclic amines) is 1. The number of pyridine rings is 1. The van der Waals surface area contributed by atoms with Gasteiger partial charge in [-0.2, -0.15) is 0 Å². The number of aryl methyl sites for hydroxylation is 2. The van der Waals surface area contributed by atoms with Crippen molar-refractivity contribution < 1.29 is 9.84 Å². The zero-order valence-electron chi connectivity index (χ0n) is 18.2. The van der Waals surface area contributed by atoms with Crippen molar-refractivity contribution in [1.82, 2.24) is 9.88 Å². The van der Waals surface area contributed by atoms with Gasteiger partial charge in [-0.15, -0.1) is 0 Å². The van der Waals surface area contributed by atoms with Crippen molar-refractivity contribution in [2.45, 2.75) is 64.9 Å². The molecule has 0 bridgehead atoms. The normalized spacial score (nSPS) is 17.1. The van der Waals surface area contributed by atoms with Gasteiger partial charge in [-0.1, -0.05) is 0 Å². The van der Waals surface area contributed by atoms with Crippen molar-refractivity contribution in [1.29, 1.82) is 0 Å². The molecule has 0 saturated carbocycles. The van der Waals surface area contributed by atoms with Crippen molar-refractivity contribution >= 4 is 16.7 Å². The van der Waals surface area contributed by atoms with Gasteiger partial charge in [0.15, 0.2) is 0 Å². The van der Waals surface area contributed by atoms with E-state index >= 15 is 0 Å². The van der Waals surface area contributed by atoms with Crippen molar-refractivity contribution in [3.63, 3.8) is 0 Å². The molecule has 4 rings (SSSR count). The second-order valence-electron chi connectivity index (χ2n) is 9.32. The maximum atomic E-state index is 10.1. The van der Waals surface area contributed by atoms with Gasteiger partial charge in [0.2, 0.25) is 0 Å². The van der Waals surface area contributed by atoms with E-state index in [9.17, 15) is 5.11 Å². The third-order valence-corrected chi connectivity index (χ3v) is 6.12. The Balaban J connectivity index is 1.52. The number of rotatable bonds is 8. The zero-order valence-corrected chi connectivity index (χ0v) is 18.2. The van der Waals surface area contributed by atoms with E-state index in [0.29, 0.717) is 6.54 Å². The van der Waals surface area contributed by atoms with Crippen LogP contribution in [0.4, 0.5) is 5.82 Å². The highest BCUT2D eigenvalue weighted by Gasteiger charge is 2.22. The Hall–Kier alpha value is -1.85. The van der Waals surface area contributed by atoms with Gasteiger partial charge in [0.1, 0.15) is 11.6 Å². The van der Waals surface area contributed by atoms with Gasteiger partial charge in [0.05, 0.1) is 17.7 Å². The van der Waals surface area contributed by atoms with Gasteiger partial charge in [-0.05, 0) is 95.1 Å². The van der Waals surface area contributed by atoms with Gasteiger partial charge in [-0.25, -0.2) is 4.98 Å². The molecular formula is C24H35N3O2. The van der Waals surface area contributed by atoms with Crippen molar-refractivity contribution in [3.05, 3.63) is 28.8 Å².